The molecule has 1 saturated heterocycles. The number of piperidine rings is 1. The Kier molecular flexibility index (Phi) is 4.06. The van der Waals surface area contributed by atoms with Crippen molar-refractivity contribution in [1.29, 1.82) is 0 Å². The molecule has 1 N–H and O–H groups in total. The van der Waals surface area contributed by atoms with Gasteiger partial charge in [0.05, 0.1) is 18.4 Å². The van der Waals surface area contributed by atoms with Crippen LogP contribution < -0.4 is 5.32 Å². The molecule has 3 rings (SSSR count). The zero-order chi connectivity index (χ0) is 14.7. The van der Waals surface area contributed by atoms with Crippen LogP contribution in [0.15, 0.2) is 36.7 Å². The number of carbonyl (C=O) groups excluding carboxylic acids is 1. The van der Waals surface area contributed by atoms with Gasteiger partial charge in [-0.25, -0.2) is 4.79 Å². The number of anilines is 1. The van der Waals surface area contributed by atoms with Gasteiger partial charge in [0, 0.05) is 23.8 Å². The highest BCUT2D eigenvalue weighted by Gasteiger charge is 2.24. The molecule has 0 spiro atoms. The standard InChI is InChI=1S/C14H16ClN5O/c15-11-2-1-3-12(10-11)18-14(21)19-8-4-13(5-9-19)20-16-6-7-17-20/h1-3,6-7,10,13H,4-5,8-9H2,(H,18,21). The van der Waals surface area contributed by atoms with Crippen LogP contribution in [-0.4, -0.2) is 39.0 Å². The number of nitrogens with zero attached hydrogens (tertiary/aromatic N) is 4. The topological polar surface area (TPSA) is 63.1 Å². The summed E-state index contributed by atoms with van der Waals surface area (Å²) in [6, 6.07) is 7.33. The number of rotatable bonds is 2. The van der Waals surface area contributed by atoms with E-state index in [-0.39, 0.29) is 12.1 Å². The molecule has 1 aromatic carbocycles. The molecule has 110 valence electrons. The average molecular weight is 306 g/mol. The van der Waals surface area contributed by atoms with Crippen molar-refractivity contribution in [1.82, 2.24) is 19.9 Å². The molecule has 0 unspecified atom stereocenters. The smallest absolute Gasteiger partial charge is 0.321 e. The van der Waals surface area contributed by atoms with E-state index < -0.39 is 0 Å². The summed E-state index contributed by atoms with van der Waals surface area (Å²) >= 11 is 5.91. The van der Waals surface area contributed by atoms with Crippen LogP contribution in [-0.2, 0) is 0 Å². The number of halogens is 1. The highest BCUT2D eigenvalue weighted by molar-refractivity contribution is 6.30. The predicted molar refractivity (Wildman–Crippen MR) is 80.3 cm³/mol. The van der Waals surface area contributed by atoms with Gasteiger partial charge in [0.2, 0.25) is 0 Å². The molecule has 2 heterocycles. The van der Waals surface area contributed by atoms with Crippen LogP contribution in [0.4, 0.5) is 10.5 Å². The number of nitrogens with one attached hydrogen (secondary N) is 1. The van der Waals surface area contributed by atoms with Crippen molar-refractivity contribution in [2.24, 2.45) is 0 Å². The number of benzene rings is 1. The second-order valence-electron chi connectivity index (χ2n) is 5.01. The lowest BCUT2D eigenvalue weighted by Gasteiger charge is -2.31. The maximum Gasteiger partial charge on any atom is 0.321 e. The minimum absolute atomic E-state index is 0.0934. The predicted octanol–water partition coefficient (Wildman–Crippen LogP) is 2.80. The maximum absolute atomic E-state index is 12.2. The van der Waals surface area contributed by atoms with Gasteiger partial charge >= 0.3 is 6.03 Å². The van der Waals surface area contributed by atoms with E-state index in [1.54, 1.807) is 34.2 Å². The molecular formula is C14H16ClN5O. The van der Waals surface area contributed by atoms with Crippen molar-refractivity contribution in [2.45, 2.75) is 18.9 Å². The summed E-state index contributed by atoms with van der Waals surface area (Å²) in [5, 5.41) is 11.8. The highest BCUT2D eigenvalue weighted by Crippen LogP contribution is 2.21. The van der Waals surface area contributed by atoms with Crippen LogP contribution in [0, 0.1) is 0 Å². The van der Waals surface area contributed by atoms with E-state index in [1.807, 2.05) is 12.1 Å². The van der Waals surface area contributed by atoms with Gasteiger partial charge in [0.25, 0.3) is 0 Å². The lowest BCUT2D eigenvalue weighted by atomic mass is 10.1. The fourth-order valence-corrected chi connectivity index (χ4v) is 2.67. The molecule has 1 aliphatic heterocycles. The molecule has 2 amide bonds. The van der Waals surface area contributed by atoms with Gasteiger partial charge in [-0.1, -0.05) is 17.7 Å². The number of amides is 2. The van der Waals surface area contributed by atoms with E-state index in [1.165, 1.54) is 0 Å². The number of likely N-dealkylation sites (tertiary alicyclic amines) is 1. The van der Waals surface area contributed by atoms with Gasteiger partial charge in [0.1, 0.15) is 0 Å². The van der Waals surface area contributed by atoms with Gasteiger partial charge in [-0.3, -0.25) is 0 Å². The van der Waals surface area contributed by atoms with Gasteiger partial charge < -0.3 is 10.2 Å². The first-order chi connectivity index (χ1) is 10.2. The van der Waals surface area contributed by atoms with Crippen molar-refractivity contribution < 1.29 is 4.79 Å². The first-order valence-corrected chi connectivity index (χ1v) is 7.27. The van der Waals surface area contributed by atoms with Crippen molar-refractivity contribution in [3.05, 3.63) is 41.7 Å². The molecule has 6 nitrogen and oxygen atoms in total. The normalized spacial score (nSPS) is 16.0. The second-order valence-corrected chi connectivity index (χ2v) is 5.44. The van der Waals surface area contributed by atoms with E-state index in [2.05, 4.69) is 15.5 Å². The largest absolute Gasteiger partial charge is 0.324 e. The van der Waals surface area contributed by atoms with Crippen molar-refractivity contribution in [3.8, 4) is 0 Å². The molecule has 0 aliphatic carbocycles. The van der Waals surface area contributed by atoms with Gasteiger partial charge in [0.15, 0.2) is 0 Å². The molecule has 0 radical (unpaired) electrons. The van der Waals surface area contributed by atoms with Gasteiger partial charge in [-0.2, -0.15) is 15.0 Å². The third kappa shape index (κ3) is 3.33. The van der Waals surface area contributed by atoms with Crippen molar-refractivity contribution >= 4 is 23.3 Å². The highest BCUT2D eigenvalue weighted by atomic mass is 35.5. The second kappa shape index (κ2) is 6.13. The number of hydrogen-bond acceptors (Lipinski definition) is 3. The molecule has 2 aromatic rings. The fraction of sp³-hybridized carbons (Fsp3) is 0.357. The number of urea groups is 1. The zero-order valence-corrected chi connectivity index (χ0v) is 12.2. The monoisotopic (exact) mass is 305 g/mol. The Labute approximate surface area is 127 Å². The quantitative estimate of drug-likeness (QED) is 0.928. The third-order valence-corrected chi connectivity index (χ3v) is 3.83. The molecule has 1 aliphatic rings. The number of hydrogen-bond donors (Lipinski definition) is 1. The Morgan fingerprint density at radius 1 is 1.24 bits per heavy atom. The summed E-state index contributed by atoms with van der Waals surface area (Å²) in [5.41, 5.74) is 0.711. The SMILES string of the molecule is O=C(Nc1cccc(Cl)c1)N1CCC(n2nccn2)CC1. The van der Waals surface area contributed by atoms with Crippen LogP contribution in [0.1, 0.15) is 18.9 Å². The van der Waals surface area contributed by atoms with E-state index in [9.17, 15) is 4.79 Å². The first-order valence-electron chi connectivity index (χ1n) is 6.89. The molecule has 21 heavy (non-hydrogen) atoms. The van der Waals surface area contributed by atoms with Crippen LogP contribution in [0.3, 0.4) is 0 Å². The fourth-order valence-electron chi connectivity index (χ4n) is 2.48. The van der Waals surface area contributed by atoms with Gasteiger partial charge in [-0.15, -0.1) is 0 Å². The molecule has 1 fully saturated rings. The molecule has 0 saturated carbocycles. The summed E-state index contributed by atoms with van der Waals surface area (Å²) in [5.74, 6) is 0. The minimum Gasteiger partial charge on any atom is -0.324 e. The van der Waals surface area contributed by atoms with Crippen LogP contribution in [0.2, 0.25) is 5.02 Å². The van der Waals surface area contributed by atoms with E-state index in [4.69, 9.17) is 11.6 Å². The average Bonchev–Trinajstić information content (AvgIpc) is 3.01. The molecule has 1 aromatic heterocycles. The minimum atomic E-state index is -0.0934. The van der Waals surface area contributed by atoms with Crippen LogP contribution in [0.25, 0.3) is 0 Å². The molecule has 0 atom stereocenters. The van der Waals surface area contributed by atoms with Gasteiger partial charge in [-0.05, 0) is 31.0 Å². The Morgan fingerprint density at radius 3 is 2.62 bits per heavy atom. The third-order valence-electron chi connectivity index (χ3n) is 3.59. The summed E-state index contributed by atoms with van der Waals surface area (Å²) in [6.45, 7) is 1.39. The lowest BCUT2D eigenvalue weighted by molar-refractivity contribution is 0.175. The number of aromatic nitrogens is 3. The zero-order valence-electron chi connectivity index (χ0n) is 11.4. The van der Waals surface area contributed by atoms with E-state index in [0.29, 0.717) is 23.8 Å². The van der Waals surface area contributed by atoms with Crippen LogP contribution in [0.5, 0.6) is 0 Å². The number of carbonyl (C=O) groups is 1. The van der Waals surface area contributed by atoms with Crippen molar-refractivity contribution in [2.75, 3.05) is 18.4 Å². The van der Waals surface area contributed by atoms with Crippen molar-refractivity contribution in [3.63, 3.8) is 0 Å². The molecular weight excluding hydrogens is 290 g/mol. The Bertz CT molecular complexity index is 608. The summed E-state index contributed by atoms with van der Waals surface area (Å²) in [4.78, 5) is 15.7. The molecule has 7 heteroatoms. The maximum atomic E-state index is 12.2. The Morgan fingerprint density at radius 2 is 1.95 bits per heavy atom. The first kappa shape index (κ1) is 13.9. The Hall–Kier alpha value is -2.08. The lowest BCUT2D eigenvalue weighted by Crippen LogP contribution is -2.41. The van der Waals surface area contributed by atoms with E-state index in [0.717, 1.165) is 12.8 Å². The summed E-state index contributed by atoms with van der Waals surface area (Å²) in [7, 11) is 0. The van der Waals surface area contributed by atoms with E-state index >= 15 is 0 Å². The summed E-state index contributed by atoms with van der Waals surface area (Å²) < 4.78 is 0. The van der Waals surface area contributed by atoms with Crippen LogP contribution >= 0.6 is 11.6 Å². The molecule has 0 bridgehead atoms. The summed E-state index contributed by atoms with van der Waals surface area (Å²) in [6.07, 6.45) is 5.08. The Balaban J connectivity index is 1.55.